The van der Waals surface area contributed by atoms with Crippen molar-refractivity contribution in [1.29, 1.82) is 0 Å². The molecule has 3 heterocycles. The number of nitrogens with zero attached hydrogens (tertiary/aromatic N) is 4. The number of benzene rings is 1. The Balaban J connectivity index is 0.00000192. The molecule has 1 saturated heterocycles. The molecule has 1 unspecified atom stereocenters. The van der Waals surface area contributed by atoms with Crippen LogP contribution in [0.4, 0.5) is 0 Å². The quantitative estimate of drug-likeness (QED) is 0.705. The number of nitrogens with one attached hydrogen (secondary N) is 2. The normalized spacial score (nSPS) is 20.1. The van der Waals surface area contributed by atoms with Crippen LogP contribution in [-0.4, -0.2) is 49.7 Å². The Labute approximate surface area is 169 Å². The molecular formula is C20H25ClN6O. The van der Waals surface area contributed by atoms with E-state index in [4.69, 9.17) is 0 Å². The van der Waals surface area contributed by atoms with E-state index in [1.165, 1.54) is 0 Å². The summed E-state index contributed by atoms with van der Waals surface area (Å²) < 4.78 is 2.00. The Morgan fingerprint density at radius 3 is 2.93 bits per heavy atom. The molecule has 2 N–H and O–H groups in total. The number of halogens is 1. The minimum Gasteiger partial charge on any atom is -0.337 e. The highest BCUT2D eigenvalue weighted by molar-refractivity contribution is 5.98. The van der Waals surface area contributed by atoms with Crippen molar-refractivity contribution < 1.29 is 4.79 Å². The van der Waals surface area contributed by atoms with Gasteiger partial charge in [-0.15, -0.1) is 12.4 Å². The van der Waals surface area contributed by atoms with Gasteiger partial charge in [0.05, 0.1) is 18.3 Å². The molecule has 7 nitrogen and oxygen atoms in total. The second-order valence-electron chi connectivity index (χ2n) is 7.89. The van der Waals surface area contributed by atoms with Crippen LogP contribution in [0.1, 0.15) is 35.4 Å². The number of fused-ring (bicyclic) bond motifs is 1. The topological polar surface area (TPSA) is 78.8 Å². The summed E-state index contributed by atoms with van der Waals surface area (Å²) in [5.41, 5.74) is 1.95. The second kappa shape index (κ2) is 7.22. The van der Waals surface area contributed by atoms with Crippen LogP contribution in [-0.2, 0) is 13.6 Å². The van der Waals surface area contributed by atoms with E-state index >= 15 is 0 Å². The molecule has 148 valence electrons. The smallest absolute Gasteiger partial charge is 0.254 e. The molecule has 8 heteroatoms. The molecule has 28 heavy (non-hydrogen) atoms. The average molecular weight is 401 g/mol. The molecule has 1 spiro atoms. The Hall–Kier alpha value is -2.38. The lowest BCUT2D eigenvalue weighted by atomic mass is 9.93. The summed E-state index contributed by atoms with van der Waals surface area (Å²) in [6.07, 6.45) is 8.87. The molecule has 1 aromatic carbocycles. The van der Waals surface area contributed by atoms with Crippen LogP contribution in [0.2, 0.25) is 0 Å². The molecule has 1 saturated carbocycles. The number of imidazole rings is 1. The van der Waals surface area contributed by atoms with E-state index in [1.807, 2.05) is 36.0 Å². The largest absolute Gasteiger partial charge is 0.337 e. The van der Waals surface area contributed by atoms with E-state index in [1.54, 1.807) is 12.4 Å². The third-order valence-electron chi connectivity index (χ3n) is 6.30. The zero-order valence-corrected chi connectivity index (χ0v) is 16.7. The van der Waals surface area contributed by atoms with Crippen LogP contribution < -0.4 is 5.32 Å². The number of H-pyrrole nitrogens is 1. The van der Waals surface area contributed by atoms with Gasteiger partial charge in [0.2, 0.25) is 0 Å². The maximum Gasteiger partial charge on any atom is 0.254 e. The van der Waals surface area contributed by atoms with Gasteiger partial charge in [-0.3, -0.25) is 9.89 Å². The molecule has 1 aliphatic heterocycles. The first-order chi connectivity index (χ1) is 13.2. The summed E-state index contributed by atoms with van der Waals surface area (Å²) in [5, 5.41) is 11.4. The summed E-state index contributed by atoms with van der Waals surface area (Å²) in [6, 6.07) is 6.06. The highest BCUT2D eigenvalue weighted by Crippen LogP contribution is 2.56. The molecule has 5 rings (SSSR count). The van der Waals surface area contributed by atoms with Crippen molar-refractivity contribution in [3.8, 4) is 0 Å². The lowest BCUT2D eigenvalue weighted by Crippen LogP contribution is -2.39. The minimum atomic E-state index is 0. The van der Waals surface area contributed by atoms with E-state index in [9.17, 15) is 4.79 Å². The van der Waals surface area contributed by atoms with Crippen LogP contribution in [0.15, 0.2) is 36.8 Å². The van der Waals surface area contributed by atoms with Crippen molar-refractivity contribution in [2.75, 3.05) is 13.1 Å². The van der Waals surface area contributed by atoms with Gasteiger partial charge in [0.15, 0.2) is 0 Å². The SMILES string of the molecule is Cl.Cn1ccnc1CN(C(=O)c1ccc2[nH]ncc2c1)C1CC12CCNCC2. The van der Waals surface area contributed by atoms with Crippen molar-refractivity contribution >= 4 is 29.2 Å². The number of piperidine rings is 1. The van der Waals surface area contributed by atoms with E-state index in [2.05, 4.69) is 25.4 Å². The molecule has 1 atom stereocenters. The number of aryl methyl sites for hydroxylation is 1. The summed E-state index contributed by atoms with van der Waals surface area (Å²) in [4.78, 5) is 20.0. The number of aromatic amines is 1. The van der Waals surface area contributed by atoms with Crippen LogP contribution in [0.5, 0.6) is 0 Å². The Bertz CT molecular complexity index is 989. The van der Waals surface area contributed by atoms with Crippen molar-refractivity contribution in [3.05, 3.63) is 48.2 Å². The maximum absolute atomic E-state index is 13.5. The zero-order chi connectivity index (χ0) is 18.4. The number of amides is 1. The average Bonchev–Trinajstić information content (AvgIpc) is 3.02. The van der Waals surface area contributed by atoms with Gasteiger partial charge in [-0.05, 0) is 56.0 Å². The lowest BCUT2D eigenvalue weighted by molar-refractivity contribution is 0.0685. The van der Waals surface area contributed by atoms with Gasteiger partial charge in [0.1, 0.15) is 5.82 Å². The number of hydrogen-bond acceptors (Lipinski definition) is 4. The van der Waals surface area contributed by atoms with Crippen LogP contribution in [0, 0.1) is 5.41 Å². The molecule has 3 aromatic rings. The number of carbonyl (C=O) groups is 1. The van der Waals surface area contributed by atoms with Gasteiger partial charge in [0.25, 0.3) is 5.91 Å². The van der Waals surface area contributed by atoms with Crippen LogP contribution >= 0.6 is 12.4 Å². The van der Waals surface area contributed by atoms with E-state index in [-0.39, 0.29) is 23.7 Å². The van der Waals surface area contributed by atoms with Crippen molar-refractivity contribution in [1.82, 2.24) is 30.0 Å². The van der Waals surface area contributed by atoms with E-state index < -0.39 is 0 Å². The number of hydrogen-bond donors (Lipinski definition) is 2. The molecule has 0 radical (unpaired) electrons. The molecule has 2 aliphatic rings. The maximum atomic E-state index is 13.5. The predicted molar refractivity (Wildman–Crippen MR) is 109 cm³/mol. The Kier molecular flexibility index (Phi) is 4.89. The fraction of sp³-hybridized carbons (Fsp3) is 0.450. The first-order valence-electron chi connectivity index (χ1n) is 9.57. The van der Waals surface area contributed by atoms with Gasteiger partial charge in [-0.1, -0.05) is 0 Å². The zero-order valence-electron chi connectivity index (χ0n) is 15.9. The van der Waals surface area contributed by atoms with Crippen molar-refractivity contribution in [3.63, 3.8) is 0 Å². The highest BCUT2D eigenvalue weighted by atomic mass is 35.5. The van der Waals surface area contributed by atoms with Crippen molar-refractivity contribution in [2.45, 2.75) is 31.8 Å². The van der Waals surface area contributed by atoms with Gasteiger partial charge < -0.3 is 14.8 Å². The van der Waals surface area contributed by atoms with Crippen molar-refractivity contribution in [2.24, 2.45) is 12.5 Å². The molecule has 0 bridgehead atoms. The standard InChI is InChI=1S/C20H24N6O.ClH/c1-25-9-8-22-18(25)13-26(17-11-20(17)4-6-21-7-5-20)19(27)14-2-3-16-15(10-14)12-23-24-16;/h2-3,8-10,12,17,21H,4-7,11,13H2,1H3,(H,23,24);1H. The van der Waals surface area contributed by atoms with Gasteiger partial charge in [-0.25, -0.2) is 4.98 Å². The van der Waals surface area contributed by atoms with E-state index in [0.717, 1.165) is 49.1 Å². The Morgan fingerprint density at radius 2 is 2.18 bits per heavy atom. The first-order valence-corrected chi connectivity index (χ1v) is 9.57. The van der Waals surface area contributed by atoms with E-state index in [0.29, 0.717) is 18.2 Å². The summed E-state index contributed by atoms with van der Waals surface area (Å²) in [6.45, 7) is 2.63. The van der Waals surface area contributed by atoms with Gasteiger partial charge in [-0.2, -0.15) is 5.10 Å². The van der Waals surface area contributed by atoms with Crippen LogP contribution in [0.3, 0.4) is 0 Å². The summed E-state index contributed by atoms with van der Waals surface area (Å²) in [5.74, 6) is 1.00. The monoisotopic (exact) mass is 400 g/mol. The third-order valence-corrected chi connectivity index (χ3v) is 6.30. The summed E-state index contributed by atoms with van der Waals surface area (Å²) >= 11 is 0. The van der Waals surface area contributed by atoms with Gasteiger partial charge >= 0.3 is 0 Å². The molecular weight excluding hydrogens is 376 g/mol. The number of aromatic nitrogens is 4. The fourth-order valence-electron chi connectivity index (χ4n) is 4.50. The minimum absolute atomic E-state index is 0. The predicted octanol–water partition coefficient (Wildman–Crippen LogP) is 2.50. The van der Waals surface area contributed by atoms with Crippen LogP contribution in [0.25, 0.3) is 10.9 Å². The molecule has 1 amide bonds. The number of rotatable bonds is 4. The molecule has 2 aromatic heterocycles. The summed E-state index contributed by atoms with van der Waals surface area (Å²) in [7, 11) is 1.98. The first kappa shape index (κ1) is 19.0. The second-order valence-corrected chi connectivity index (χ2v) is 7.89. The Morgan fingerprint density at radius 1 is 1.36 bits per heavy atom. The lowest BCUT2D eigenvalue weighted by Gasteiger charge is -2.29. The fourth-order valence-corrected chi connectivity index (χ4v) is 4.50. The highest BCUT2D eigenvalue weighted by Gasteiger charge is 2.57. The molecule has 1 aliphatic carbocycles. The third kappa shape index (κ3) is 3.18. The van der Waals surface area contributed by atoms with Gasteiger partial charge in [0, 0.05) is 36.4 Å². The number of carbonyl (C=O) groups excluding carboxylic acids is 1. The molecule has 2 fully saturated rings.